The number of imidazole rings is 1. The van der Waals surface area contributed by atoms with Gasteiger partial charge in [0.15, 0.2) is 4.96 Å². The number of hydrogen-bond acceptors (Lipinski definition) is 5. The fourth-order valence-corrected chi connectivity index (χ4v) is 4.71. The highest BCUT2D eigenvalue weighted by Crippen LogP contribution is 2.25. The summed E-state index contributed by atoms with van der Waals surface area (Å²) in [5.41, 5.74) is 2.28. The third-order valence-electron chi connectivity index (χ3n) is 5.20. The second-order valence-electron chi connectivity index (χ2n) is 7.86. The summed E-state index contributed by atoms with van der Waals surface area (Å²) < 4.78 is 14.1. The number of para-hydroxylation sites is 3. The molecule has 5 rings (SSSR count). The van der Waals surface area contributed by atoms with E-state index in [1.54, 1.807) is 10.5 Å². The maximum Gasteiger partial charge on any atom is 0.274 e. The molecule has 33 heavy (non-hydrogen) atoms. The van der Waals surface area contributed by atoms with E-state index in [9.17, 15) is 4.79 Å². The van der Waals surface area contributed by atoms with Gasteiger partial charge in [-0.05, 0) is 48.5 Å². The molecule has 166 valence electrons. The van der Waals surface area contributed by atoms with Gasteiger partial charge in [0, 0.05) is 16.5 Å². The van der Waals surface area contributed by atoms with Crippen LogP contribution in [0.5, 0.6) is 11.5 Å². The Morgan fingerprint density at radius 3 is 2.64 bits per heavy atom. The van der Waals surface area contributed by atoms with Crippen molar-refractivity contribution in [1.29, 1.82) is 0 Å². The Hall–Kier alpha value is -3.35. The van der Waals surface area contributed by atoms with Gasteiger partial charge in [0.25, 0.3) is 5.56 Å². The Bertz CT molecular complexity index is 1530. The molecule has 5 aromatic rings. The molecule has 0 aliphatic carbocycles. The van der Waals surface area contributed by atoms with E-state index >= 15 is 0 Å². The van der Waals surface area contributed by atoms with Crippen molar-refractivity contribution in [2.24, 2.45) is 5.92 Å². The maximum absolute atomic E-state index is 13.1. The summed E-state index contributed by atoms with van der Waals surface area (Å²) in [4.78, 5) is 18.3. The van der Waals surface area contributed by atoms with Crippen molar-refractivity contribution >= 4 is 45.0 Å². The van der Waals surface area contributed by atoms with E-state index < -0.39 is 0 Å². The van der Waals surface area contributed by atoms with Crippen LogP contribution in [0, 0.1) is 5.92 Å². The van der Waals surface area contributed by atoms with Crippen LogP contribution in [0.15, 0.2) is 77.6 Å². The van der Waals surface area contributed by atoms with Gasteiger partial charge in [-0.2, -0.15) is 0 Å². The van der Waals surface area contributed by atoms with Gasteiger partial charge in [-0.1, -0.05) is 60.2 Å². The molecule has 0 saturated heterocycles. The molecule has 2 heterocycles. The number of hydrogen-bond donors (Lipinski definition) is 0. The molecule has 0 aliphatic rings. The summed E-state index contributed by atoms with van der Waals surface area (Å²) in [7, 11) is 0. The van der Waals surface area contributed by atoms with Crippen molar-refractivity contribution < 1.29 is 9.47 Å². The first kappa shape index (κ1) is 21.5. The molecule has 0 N–H and O–H groups in total. The molecule has 0 saturated carbocycles. The van der Waals surface area contributed by atoms with Crippen molar-refractivity contribution in [2.75, 3.05) is 13.2 Å². The smallest absolute Gasteiger partial charge is 0.274 e. The van der Waals surface area contributed by atoms with Gasteiger partial charge in [-0.3, -0.25) is 4.79 Å². The van der Waals surface area contributed by atoms with Gasteiger partial charge in [-0.25, -0.2) is 9.38 Å². The SMILES string of the molecule is CC(COc1ccccc1)COc1ccc(Cl)cc1/C=c1/sc2nc3ccccc3n2c1=O. The average molecular weight is 477 g/mol. The topological polar surface area (TPSA) is 52.8 Å². The van der Waals surface area contributed by atoms with E-state index in [0.717, 1.165) is 22.3 Å². The number of nitrogens with zero attached hydrogens (tertiary/aromatic N) is 2. The van der Waals surface area contributed by atoms with Crippen molar-refractivity contribution in [3.05, 3.63) is 98.3 Å². The van der Waals surface area contributed by atoms with Gasteiger partial charge >= 0.3 is 0 Å². The van der Waals surface area contributed by atoms with E-state index in [1.807, 2.05) is 72.8 Å². The lowest BCUT2D eigenvalue weighted by atomic mass is 10.2. The first-order chi connectivity index (χ1) is 16.1. The highest BCUT2D eigenvalue weighted by molar-refractivity contribution is 7.15. The van der Waals surface area contributed by atoms with Crippen LogP contribution in [0.2, 0.25) is 5.02 Å². The minimum absolute atomic E-state index is 0.0979. The Balaban J connectivity index is 1.39. The second kappa shape index (κ2) is 9.25. The van der Waals surface area contributed by atoms with Crippen LogP contribution in [0.1, 0.15) is 12.5 Å². The number of aromatic nitrogens is 2. The van der Waals surface area contributed by atoms with Crippen molar-refractivity contribution in [3.63, 3.8) is 0 Å². The Morgan fingerprint density at radius 1 is 1.03 bits per heavy atom. The molecule has 1 unspecified atom stereocenters. The molecule has 0 amide bonds. The first-order valence-corrected chi connectivity index (χ1v) is 11.8. The summed E-state index contributed by atoms with van der Waals surface area (Å²) in [5.74, 6) is 1.67. The zero-order valence-corrected chi connectivity index (χ0v) is 19.5. The number of halogens is 1. The molecule has 0 bridgehead atoms. The van der Waals surface area contributed by atoms with E-state index in [2.05, 4.69) is 11.9 Å². The molecule has 0 fully saturated rings. The lowest BCUT2D eigenvalue weighted by molar-refractivity contribution is 0.188. The molecule has 0 spiro atoms. The van der Waals surface area contributed by atoms with Gasteiger partial charge in [0.05, 0.1) is 28.8 Å². The van der Waals surface area contributed by atoms with Crippen molar-refractivity contribution in [1.82, 2.24) is 9.38 Å². The Morgan fingerprint density at radius 2 is 1.79 bits per heavy atom. The molecule has 5 nitrogen and oxygen atoms in total. The van der Waals surface area contributed by atoms with Gasteiger partial charge in [0.2, 0.25) is 0 Å². The number of fused-ring (bicyclic) bond motifs is 3. The van der Waals surface area contributed by atoms with Gasteiger partial charge in [-0.15, -0.1) is 0 Å². The zero-order chi connectivity index (χ0) is 22.8. The standard InChI is InChI=1S/C26H21ClN2O3S/c1-17(15-31-20-7-3-2-4-8-20)16-32-23-12-11-19(27)13-18(23)14-24-25(30)29-22-10-6-5-9-21(22)28-26(29)33-24/h2-14,17H,15-16H2,1H3/b24-14+. The summed E-state index contributed by atoms with van der Waals surface area (Å²) in [6, 6.07) is 22.8. The van der Waals surface area contributed by atoms with E-state index in [4.69, 9.17) is 21.1 Å². The minimum atomic E-state index is -0.0979. The fraction of sp³-hybridized carbons (Fsp3) is 0.154. The Kier molecular flexibility index (Phi) is 6.03. The number of ether oxygens (including phenoxy) is 2. The van der Waals surface area contributed by atoms with Crippen LogP contribution >= 0.6 is 22.9 Å². The van der Waals surface area contributed by atoms with Crippen LogP contribution in [0.4, 0.5) is 0 Å². The van der Waals surface area contributed by atoms with E-state index in [1.165, 1.54) is 11.3 Å². The minimum Gasteiger partial charge on any atom is -0.493 e. The average Bonchev–Trinajstić information content (AvgIpc) is 3.34. The predicted octanol–water partition coefficient (Wildman–Crippen LogP) is 5.20. The lowest BCUT2D eigenvalue weighted by Crippen LogP contribution is -2.23. The van der Waals surface area contributed by atoms with Gasteiger partial charge < -0.3 is 9.47 Å². The lowest BCUT2D eigenvalue weighted by Gasteiger charge is -2.15. The van der Waals surface area contributed by atoms with E-state index in [-0.39, 0.29) is 11.5 Å². The summed E-state index contributed by atoms with van der Waals surface area (Å²) in [5, 5.41) is 0.577. The molecule has 1 atom stereocenters. The number of rotatable bonds is 7. The third kappa shape index (κ3) is 4.58. The summed E-state index contributed by atoms with van der Waals surface area (Å²) in [6.07, 6.45) is 1.82. The molecular formula is C26H21ClN2O3S. The highest BCUT2D eigenvalue weighted by atomic mass is 35.5. The molecule has 0 aliphatic heterocycles. The van der Waals surface area contributed by atoms with Crippen molar-refractivity contribution in [2.45, 2.75) is 6.92 Å². The molecule has 0 radical (unpaired) electrons. The summed E-state index contributed by atoms with van der Waals surface area (Å²) >= 11 is 7.61. The van der Waals surface area contributed by atoms with Crippen LogP contribution < -0.4 is 19.6 Å². The van der Waals surface area contributed by atoms with Gasteiger partial charge in [0.1, 0.15) is 11.5 Å². The largest absolute Gasteiger partial charge is 0.493 e. The van der Waals surface area contributed by atoms with Crippen LogP contribution in [-0.4, -0.2) is 22.6 Å². The summed E-state index contributed by atoms with van der Waals surface area (Å²) in [6.45, 7) is 3.08. The second-order valence-corrected chi connectivity index (χ2v) is 9.30. The molecule has 3 aromatic carbocycles. The quantitative estimate of drug-likeness (QED) is 0.324. The van der Waals surface area contributed by atoms with Crippen molar-refractivity contribution in [3.8, 4) is 11.5 Å². The Labute approximate surface area is 199 Å². The molecule has 7 heteroatoms. The highest BCUT2D eigenvalue weighted by Gasteiger charge is 2.12. The third-order valence-corrected chi connectivity index (χ3v) is 6.41. The van der Waals surface area contributed by atoms with Crippen LogP contribution in [0.25, 0.3) is 22.1 Å². The molecular weight excluding hydrogens is 456 g/mol. The number of benzene rings is 3. The maximum atomic E-state index is 13.1. The molecule has 2 aromatic heterocycles. The van der Waals surface area contributed by atoms with E-state index in [0.29, 0.717) is 33.5 Å². The predicted molar refractivity (Wildman–Crippen MR) is 134 cm³/mol. The monoisotopic (exact) mass is 476 g/mol. The van der Waals surface area contributed by atoms with Crippen LogP contribution in [0.3, 0.4) is 0 Å². The first-order valence-electron chi connectivity index (χ1n) is 10.6. The zero-order valence-electron chi connectivity index (χ0n) is 17.9. The fourth-order valence-electron chi connectivity index (χ4n) is 3.55. The van der Waals surface area contributed by atoms with Crippen LogP contribution in [-0.2, 0) is 0 Å². The number of thiazole rings is 1. The normalized spacial score (nSPS) is 13.0.